The van der Waals surface area contributed by atoms with E-state index in [-0.39, 0.29) is 11.6 Å². The monoisotopic (exact) mass is 374 g/mol. The summed E-state index contributed by atoms with van der Waals surface area (Å²) in [6, 6.07) is 9.16. The number of rotatable bonds is 6. The molecule has 0 spiro atoms. The number of halogens is 2. The van der Waals surface area contributed by atoms with Crippen molar-refractivity contribution in [3.63, 3.8) is 0 Å². The lowest BCUT2D eigenvalue weighted by atomic mass is 10.1. The smallest absolute Gasteiger partial charge is 0.254 e. The van der Waals surface area contributed by atoms with Gasteiger partial charge in [0.2, 0.25) is 5.89 Å². The van der Waals surface area contributed by atoms with Gasteiger partial charge >= 0.3 is 0 Å². The van der Waals surface area contributed by atoms with Gasteiger partial charge in [-0.15, -0.1) is 0 Å². The minimum atomic E-state index is -1.22. The molecule has 1 aromatic heterocycles. The van der Waals surface area contributed by atoms with Crippen LogP contribution in [0.5, 0.6) is 11.5 Å². The molecule has 3 rings (SSSR count). The molecule has 0 aliphatic rings. The number of benzene rings is 2. The Kier molecular flexibility index (Phi) is 5.07. The maximum Gasteiger partial charge on any atom is 0.254 e. The van der Waals surface area contributed by atoms with Crippen LogP contribution in [0.4, 0.5) is 8.78 Å². The first kappa shape index (κ1) is 18.4. The number of methoxy groups -OCH3 is 1. The van der Waals surface area contributed by atoms with Crippen LogP contribution in [0.1, 0.15) is 29.3 Å². The average molecular weight is 374 g/mol. The Morgan fingerprint density at radius 2 is 1.89 bits per heavy atom. The van der Waals surface area contributed by atoms with E-state index < -0.39 is 29.2 Å². The quantitative estimate of drug-likeness (QED) is 0.708. The molecule has 0 radical (unpaired) electrons. The molecule has 0 aliphatic heterocycles. The molecular formula is C19H16F2N2O4. The molecule has 1 amide bonds. The standard InChI is InChI=1S/C19H16F2N2O4/c1-10(27-15-8-7-13(20)16(17(15)21)18(22)24)19-23-14(9-26-19)11-3-5-12(25-2)6-4-11/h3-10H,1-2H3,(H2,22,24). The minimum Gasteiger partial charge on any atom is -0.497 e. The highest BCUT2D eigenvalue weighted by atomic mass is 19.1. The van der Waals surface area contributed by atoms with E-state index in [4.69, 9.17) is 19.6 Å². The maximum absolute atomic E-state index is 14.3. The molecule has 2 aromatic carbocycles. The summed E-state index contributed by atoms with van der Waals surface area (Å²) in [7, 11) is 1.57. The van der Waals surface area contributed by atoms with Crippen molar-refractivity contribution in [2.75, 3.05) is 7.11 Å². The van der Waals surface area contributed by atoms with Crippen molar-refractivity contribution in [2.24, 2.45) is 5.73 Å². The summed E-state index contributed by atoms with van der Waals surface area (Å²) in [6.07, 6.45) is 0.644. The van der Waals surface area contributed by atoms with Gasteiger partial charge in [0.1, 0.15) is 29.1 Å². The largest absolute Gasteiger partial charge is 0.497 e. The van der Waals surface area contributed by atoms with Crippen molar-refractivity contribution in [3.05, 3.63) is 65.7 Å². The Morgan fingerprint density at radius 3 is 2.52 bits per heavy atom. The van der Waals surface area contributed by atoms with Gasteiger partial charge in [0.25, 0.3) is 5.91 Å². The van der Waals surface area contributed by atoms with E-state index in [0.29, 0.717) is 11.4 Å². The zero-order chi connectivity index (χ0) is 19.6. The summed E-state index contributed by atoms with van der Waals surface area (Å²) in [5.41, 5.74) is 5.49. The van der Waals surface area contributed by atoms with Crippen LogP contribution in [0.15, 0.2) is 47.1 Å². The number of ether oxygens (including phenoxy) is 2. The Bertz CT molecular complexity index is 970. The first-order valence-electron chi connectivity index (χ1n) is 7.95. The third kappa shape index (κ3) is 3.74. The molecule has 2 N–H and O–H groups in total. The van der Waals surface area contributed by atoms with Crippen LogP contribution in [0, 0.1) is 11.6 Å². The summed E-state index contributed by atoms with van der Waals surface area (Å²) < 4.78 is 43.8. The number of hydrogen-bond donors (Lipinski definition) is 1. The molecule has 0 saturated carbocycles. The summed E-state index contributed by atoms with van der Waals surface area (Å²) in [5.74, 6) is -2.89. The number of amides is 1. The minimum absolute atomic E-state index is 0.185. The predicted molar refractivity (Wildman–Crippen MR) is 92.4 cm³/mol. The number of carbonyl (C=O) groups excluding carboxylic acids is 1. The van der Waals surface area contributed by atoms with Gasteiger partial charge in [-0.1, -0.05) is 0 Å². The van der Waals surface area contributed by atoms with Crippen molar-refractivity contribution >= 4 is 5.91 Å². The fraction of sp³-hybridized carbons (Fsp3) is 0.158. The van der Waals surface area contributed by atoms with Gasteiger partial charge in [0, 0.05) is 5.56 Å². The van der Waals surface area contributed by atoms with Crippen molar-refractivity contribution < 1.29 is 27.5 Å². The van der Waals surface area contributed by atoms with Crippen LogP contribution in [0.3, 0.4) is 0 Å². The molecule has 0 saturated heterocycles. The first-order valence-corrected chi connectivity index (χ1v) is 7.95. The fourth-order valence-electron chi connectivity index (χ4n) is 2.46. The molecular weight excluding hydrogens is 358 g/mol. The Balaban J connectivity index is 1.81. The van der Waals surface area contributed by atoms with Gasteiger partial charge < -0.3 is 19.6 Å². The van der Waals surface area contributed by atoms with Gasteiger partial charge in [-0.05, 0) is 43.3 Å². The third-order valence-electron chi connectivity index (χ3n) is 3.86. The van der Waals surface area contributed by atoms with Gasteiger partial charge in [-0.2, -0.15) is 0 Å². The Hall–Kier alpha value is -3.42. The SMILES string of the molecule is COc1ccc(-c2coc(C(C)Oc3ccc(F)c(C(N)=O)c3F)n2)cc1. The zero-order valence-electron chi connectivity index (χ0n) is 14.5. The summed E-state index contributed by atoms with van der Waals surface area (Å²) in [6.45, 7) is 1.58. The van der Waals surface area contributed by atoms with Crippen molar-refractivity contribution in [2.45, 2.75) is 13.0 Å². The third-order valence-corrected chi connectivity index (χ3v) is 3.86. The van der Waals surface area contributed by atoms with Gasteiger partial charge in [0.15, 0.2) is 17.7 Å². The highest BCUT2D eigenvalue weighted by molar-refractivity contribution is 5.93. The molecule has 8 heteroatoms. The van der Waals surface area contributed by atoms with Crippen LogP contribution in [0.2, 0.25) is 0 Å². The molecule has 0 bridgehead atoms. The summed E-state index contributed by atoms with van der Waals surface area (Å²) in [4.78, 5) is 15.5. The second kappa shape index (κ2) is 7.45. The number of nitrogens with zero attached hydrogens (tertiary/aromatic N) is 1. The highest BCUT2D eigenvalue weighted by Crippen LogP contribution is 2.29. The Morgan fingerprint density at radius 1 is 1.19 bits per heavy atom. The molecule has 0 aliphatic carbocycles. The predicted octanol–water partition coefficient (Wildman–Crippen LogP) is 3.87. The van der Waals surface area contributed by atoms with Gasteiger partial charge in [-0.3, -0.25) is 4.79 Å². The first-order chi connectivity index (χ1) is 12.9. The van der Waals surface area contributed by atoms with Crippen LogP contribution >= 0.6 is 0 Å². The number of oxazole rings is 1. The van der Waals surface area contributed by atoms with Crippen LogP contribution in [-0.4, -0.2) is 18.0 Å². The number of carbonyl (C=O) groups is 1. The maximum atomic E-state index is 14.3. The van der Waals surface area contributed by atoms with Crippen LogP contribution in [0.25, 0.3) is 11.3 Å². The number of nitrogens with two attached hydrogens (primary N) is 1. The van der Waals surface area contributed by atoms with Crippen LogP contribution in [-0.2, 0) is 0 Å². The molecule has 3 aromatic rings. The normalized spacial score (nSPS) is 11.9. The molecule has 27 heavy (non-hydrogen) atoms. The van der Waals surface area contributed by atoms with E-state index in [0.717, 1.165) is 17.7 Å². The van der Waals surface area contributed by atoms with E-state index in [1.165, 1.54) is 6.26 Å². The average Bonchev–Trinajstić information content (AvgIpc) is 3.14. The molecule has 140 valence electrons. The van der Waals surface area contributed by atoms with Crippen molar-refractivity contribution in [3.8, 4) is 22.8 Å². The molecule has 6 nitrogen and oxygen atoms in total. The van der Waals surface area contributed by atoms with E-state index in [1.54, 1.807) is 26.2 Å². The summed E-state index contributed by atoms with van der Waals surface area (Å²) in [5, 5.41) is 0. The van der Waals surface area contributed by atoms with E-state index in [1.807, 2.05) is 12.1 Å². The number of primary amides is 1. The number of hydrogen-bond acceptors (Lipinski definition) is 5. The van der Waals surface area contributed by atoms with Gasteiger partial charge in [0.05, 0.1) is 7.11 Å². The Labute approximate surface area is 153 Å². The lowest BCUT2D eigenvalue weighted by molar-refractivity contribution is 0.0989. The molecule has 1 unspecified atom stereocenters. The lowest BCUT2D eigenvalue weighted by Crippen LogP contribution is -2.16. The molecule has 1 heterocycles. The second-order valence-corrected chi connectivity index (χ2v) is 5.66. The van der Waals surface area contributed by atoms with E-state index >= 15 is 0 Å². The fourth-order valence-corrected chi connectivity index (χ4v) is 2.46. The molecule has 0 fully saturated rings. The van der Waals surface area contributed by atoms with Crippen molar-refractivity contribution in [1.29, 1.82) is 0 Å². The number of aromatic nitrogens is 1. The van der Waals surface area contributed by atoms with E-state index in [9.17, 15) is 13.6 Å². The second-order valence-electron chi connectivity index (χ2n) is 5.66. The zero-order valence-corrected chi connectivity index (χ0v) is 14.5. The van der Waals surface area contributed by atoms with E-state index in [2.05, 4.69) is 4.98 Å². The van der Waals surface area contributed by atoms with Gasteiger partial charge in [-0.25, -0.2) is 13.8 Å². The highest BCUT2D eigenvalue weighted by Gasteiger charge is 2.22. The van der Waals surface area contributed by atoms with Crippen LogP contribution < -0.4 is 15.2 Å². The van der Waals surface area contributed by atoms with Crippen molar-refractivity contribution in [1.82, 2.24) is 4.98 Å². The summed E-state index contributed by atoms with van der Waals surface area (Å²) >= 11 is 0. The molecule has 1 atom stereocenters. The topological polar surface area (TPSA) is 87.6 Å². The lowest BCUT2D eigenvalue weighted by Gasteiger charge is -2.13.